The maximum atomic E-state index is 14.0. The van der Waals surface area contributed by atoms with Gasteiger partial charge in [-0.2, -0.15) is 39.5 Å². The van der Waals surface area contributed by atoms with Crippen molar-refractivity contribution in [3.8, 4) is 0 Å². The molecule has 0 aliphatic heterocycles. The first-order valence-corrected chi connectivity index (χ1v) is 7.15. The fourth-order valence-electron chi connectivity index (χ4n) is 2.52. The molecule has 0 aliphatic carbocycles. The van der Waals surface area contributed by atoms with Gasteiger partial charge in [0.15, 0.2) is 0 Å². The third kappa shape index (κ3) is 2.87. The van der Waals surface area contributed by atoms with Crippen LogP contribution >= 0.6 is 0 Å². The van der Waals surface area contributed by atoms with E-state index in [1.165, 1.54) is 13.8 Å². The van der Waals surface area contributed by atoms with Gasteiger partial charge in [-0.05, 0) is 62.4 Å². The van der Waals surface area contributed by atoms with Crippen molar-refractivity contribution in [1.29, 1.82) is 0 Å². The van der Waals surface area contributed by atoms with E-state index in [9.17, 15) is 44.3 Å². The molecule has 0 saturated heterocycles. The Hall–Kier alpha value is -1.74. The highest BCUT2D eigenvalue weighted by molar-refractivity contribution is 6.05. The molecule has 1 aromatic rings. The zero-order valence-electron chi connectivity index (χ0n) is 14.3. The van der Waals surface area contributed by atoms with Crippen LogP contribution in [0, 0.1) is 34.6 Å². The van der Waals surface area contributed by atoms with Gasteiger partial charge in [0.05, 0.1) is 0 Å². The molecule has 148 valence electrons. The number of rotatable bonds is 4. The Morgan fingerprint density at radius 1 is 0.577 bits per heavy atom. The molecule has 0 N–H and O–H groups in total. The fraction of sp³-hybridized carbons (Fsp3) is 0.562. The highest BCUT2D eigenvalue weighted by Crippen LogP contribution is 2.54. The van der Waals surface area contributed by atoms with Crippen LogP contribution < -0.4 is 0 Å². The van der Waals surface area contributed by atoms with E-state index in [-0.39, 0.29) is 22.3 Å². The molecule has 10 heteroatoms. The first-order valence-electron chi connectivity index (χ1n) is 7.15. The summed E-state index contributed by atoms with van der Waals surface area (Å²) in [4.78, 5) is 12.0. The second-order valence-corrected chi connectivity index (χ2v) is 6.05. The van der Waals surface area contributed by atoms with Gasteiger partial charge in [-0.25, -0.2) is 0 Å². The van der Waals surface area contributed by atoms with Crippen LogP contribution in [0.3, 0.4) is 0 Å². The van der Waals surface area contributed by atoms with Crippen molar-refractivity contribution >= 4 is 5.78 Å². The summed E-state index contributed by atoms with van der Waals surface area (Å²) >= 11 is 0. The lowest BCUT2D eigenvalue weighted by atomic mass is 9.84. The molecular weight excluding hydrogens is 379 g/mol. The van der Waals surface area contributed by atoms with Gasteiger partial charge in [-0.3, -0.25) is 4.79 Å². The molecular formula is C16H15F9O. The van der Waals surface area contributed by atoms with E-state index in [0.717, 1.165) is 13.8 Å². The van der Waals surface area contributed by atoms with Crippen LogP contribution in [0.2, 0.25) is 0 Å². The van der Waals surface area contributed by atoms with Crippen LogP contribution in [0.15, 0.2) is 0 Å². The lowest BCUT2D eigenvalue weighted by Crippen LogP contribution is -2.63. The van der Waals surface area contributed by atoms with Gasteiger partial charge >= 0.3 is 23.9 Å². The minimum atomic E-state index is -7.10. The smallest absolute Gasteiger partial charge is 0.287 e. The van der Waals surface area contributed by atoms with Crippen molar-refractivity contribution in [1.82, 2.24) is 0 Å². The van der Waals surface area contributed by atoms with Crippen LogP contribution in [0.5, 0.6) is 0 Å². The molecule has 1 nitrogen and oxygen atoms in total. The molecule has 0 aliphatic rings. The van der Waals surface area contributed by atoms with Crippen LogP contribution in [-0.4, -0.2) is 29.7 Å². The topological polar surface area (TPSA) is 17.1 Å². The van der Waals surface area contributed by atoms with Crippen LogP contribution in [0.1, 0.15) is 38.2 Å². The Balaban J connectivity index is 3.69. The normalized spacial score (nSPS) is 13.9. The number of ketones is 1. The number of carbonyl (C=O) groups is 1. The van der Waals surface area contributed by atoms with E-state index in [0.29, 0.717) is 5.56 Å². The van der Waals surface area contributed by atoms with Crippen molar-refractivity contribution in [3.63, 3.8) is 0 Å². The second-order valence-electron chi connectivity index (χ2n) is 6.05. The molecule has 0 unspecified atom stereocenters. The first kappa shape index (κ1) is 22.3. The van der Waals surface area contributed by atoms with Crippen molar-refractivity contribution in [2.24, 2.45) is 0 Å². The maximum absolute atomic E-state index is 14.0. The Bertz CT molecular complexity index is 716. The summed E-state index contributed by atoms with van der Waals surface area (Å²) in [6.07, 6.45) is -6.97. The summed E-state index contributed by atoms with van der Waals surface area (Å²) in [6.45, 7) is 6.57. The molecule has 0 fully saturated rings. The minimum absolute atomic E-state index is 0.193. The monoisotopic (exact) mass is 394 g/mol. The Kier molecular flexibility index (Phi) is 5.28. The second kappa shape index (κ2) is 6.16. The molecule has 0 atom stereocenters. The van der Waals surface area contributed by atoms with Gasteiger partial charge in [0.25, 0.3) is 0 Å². The highest BCUT2D eigenvalue weighted by atomic mass is 19.4. The minimum Gasteiger partial charge on any atom is -0.287 e. The number of alkyl halides is 9. The highest BCUT2D eigenvalue weighted by Gasteiger charge is 2.83. The van der Waals surface area contributed by atoms with Crippen molar-refractivity contribution in [2.75, 3.05) is 0 Å². The van der Waals surface area contributed by atoms with Gasteiger partial charge in [-0.15, -0.1) is 0 Å². The van der Waals surface area contributed by atoms with Crippen LogP contribution in [0.25, 0.3) is 0 Å². The zero-order valence-corrected chi connectivity index (χ0v) is 14.3. The zero-order chi connectivity index (χ0) is 21.0. The number of Topliss-reactive ketones (excluding diaryl/α,β-unsaturated/α-hetero) is 1. The number of hydrogen-bond acceptors (Lipinski definition) is 1. The molecule has 0 spiro atoms. The quantitative estimate of drug-likeness (QED) is 0.461. The number of hydrogen-bond donors (Lipinski definition) is 0. The van der Waals surface area contributed by atoms with E-state index in [1.54, 1.807) is 6.92 Å². The molecule has 0 saturated carbocycles. The van der Waals surface area contributed by atoms with E-state index in [2.05, 4.69) is 0 Å². The fourth-order valence-corrected chi connectivity index (χ4v) is 2.52. The largest absolute Gasteiger partial charge is 0.460 e. The number of carbonyl (C=O) groups excluding carboxylic acids is 1. The molecule has 0 radical (unpaired) electrons. The van der Waals surface area contributed by atoms with Crippen molar-refractivity contribution in [3.05, 3.63) is 33.4 Å². The molecule has 0 aromatic heterocycles. The summed E-state index contributed by atoms with van der Waals surface area (Å²) in [7, 11) is 0. The first-order chi connectivity index (χ1) is 11.3. The average molecular weight is 394 g/mol. The maximum Gasteiger partial charge on any atom is 0.460 e. The molecule has 0 bridgehead atoms. The predicted octanol–water partition coefficient (Wildman–Crippen LogP) is 5.88. The summed E-state index contributed by atoms with van der Waals surface area (Å²) in [5.74, 6) is -23.1. The summed E-state index contributed by atoms with van der Waals surface area (Å²) < 4.78 is 117. The standard InChI is InChI=1S/C16H15F9O/c1-6-7(2)9(4)11(10(5)8(6)3)12(26)13(17,18)14(19,20)15(21,22)16(23,24)25/h1-5H3. The van der Waals surface area contributed by atoms with E-state index in [1.807, 2.05) is 0 Å². The number of halogens is 9. The van der Waals surface area contributed by atoms with Crippen molar-refractivity contribution in [2.45, 2.75) is 58.6 Å². The van der Waals surface area contributed by atoms with Gasteiger partial charge in [0, 0.05) is 5.56 Å². The third-order valence-electron chi connectivity index (χ3n) is 4.66. The predicted molar refractivity (Wildman–Crippen MR) is 75.4 cm³/mol. The van der Waals surface area contributed by atoms with Gasteiger partial charge < -0.3 is 0 Å². The summed E-state index contributed by atoms with van der Waals surface area (Å²) in [6, 6.07) is 0. The van der Waals surface area contributed by atoms with E-state index in [4.69, 9.17) is 0 Å². The SMILES string of the molecule is Cc1c(C)c(C)c(C(=O)C(F)(F)C(F)(F)C(F)(F)C(F)(F)F)c(C)c1C. The summed E-state index contributed by atoms with van der Waals surface area (Å²) in [5, 5.41) is 0. The van der Waals surface area contributed by atoms with E-state index >= 15 is 0 Å². The Morgan fingerprint density at radius 2 is 0.885 bits per heavy atom. The third-order valence-corrected chi connectivity index (χ3v) is 4.66. The van der Waals surface area contributed by atoms with E-state index < -0.39 is 35.3 Å². The van der Waals surface area contributed by atoms with Gasteiger partial charge in [0.1, 0.15) is 0 Å². The van der Waals surface area contributed by atoms with Gasteiger partial charge in [0.2, 0.25) is 5.78 Å². The van der Waals surface area contributed by atoms with Crippen LogP contribution in [0.4, 0.5) is 39.5 Å². The molecule has 0 heterocycles. The lowest BCUT2D eigenvalue weighted by molar-refractivity contribution is -0.386. The Labute approximate surface area is 143 Å². The van der Waals surface area contributed by atoms with Crippen LogP contribution in [-0.2, 0) is 0 Å². The summed E-state index contributed by atoms with van der Waals surface area (Å²) in [5.41, 5.74) is -0.306. The molecule has 26 heavy (non-hydrogen) atoms. The average Bonchev–Trinajstić information content (AvgIpc) is 2.49. The number of benzene rings is 1. The lowest BCUT2D eigenvalue weighted by Gasteiger charge is -2.33. The molecule has 0 amide bonds. The molecule has 1 aromatic carbocycles. The molecule has 1 rings (SSSR count). The van der Waals surface area contributed by atoms with Gasteiger partial charge in [-0.1, -0.05) is 0 Å². The Morgan fingerprint density at radius 3 is 1.19 bits per heavy atom. The van der Waals surface area contributed by atoms with Crippen molar-refractivity contribution < 1.29 is 44.3 Å².